The third-order valence-electron chi connectivity index (χ3n) is 4.84. The lowest BCUT2D eigenvalue weighted by atomic mass is 9.73. The number of aliphatic imine (C=N–C) groups is 1. The molecule has 0 radical (unpaired) electrons. The molecule has 0 unspecified atom stereocenters. The Kier molecular flexibility index (Phi) is 3.24. The van der Waals surface area contributed by atoms with Crippen molar-refractivity contribution >= 4 is 11.9 Å². The van der Waals surface area contributed by atoms with E-state index in [1.165, 1.54) is 5.56 Å². The van der Waals surface area contributed by atoms with Crippen molar-refractivity contribution in [2.75, 3.05) is 6.54 Å². The number of nitrogens with two attached hydrogens (primary N) is 1. The van der Waals surface area contributed by atoms with Crippen LogP contribution in [0.1, 0.15) is 44.1 Å². The maximum atomic E-state index is 11.9. The first-order chi connectivity index (χ1) is 9.67. The van der Waals surface area contributed by atoms with Gasteiger partial charge in [0.25, 0.3) is 0 Å². The zero-order valence-electron chi connectivity index (χ0n) is 11.9. The number of hydrogen-bond acceptors (Lipinski definition) is 2. The van der Waals surface area contributed by atoms with Gasteiger partial charge in [0.15, 0.2) is 0 Å². The van der Waals surface area contributed by atoms with Crippen LogP contribution in [-0.4, -0.2) is 28.9 Å². The van der Waals surface area contributed by atoms with Gasteiger partial charge in [-0.2, -0.15) is 4.99 Å². The van der Waals surface area contributed by atoms with Crippen molar-refractivity contribution in [1.29, 1.82) is 0 Å². The maximum absolute atomic E-state index is 11.9. The highest BCUT2D eigenvalue weighted by atomic mass is 16.2. The van der Waals surface area contributed by atoms with Crippen molar-refractivity contribution in [3.05, 3.63) is 35.9 Å². The van der Waals surface area contributed by atoms with Crippen molar-refractivity contribution in [3.63, 3.8) is 0 Å². The van der Waals surface area contributed by atoms with Crippen molar-refractivity contribution in [2.45, 2.75) is 44.1 Å². The van der Waals surface area contributed by atoms with Gasteiger partial charge < -0.3 is 10.6 Å². The quantitative estimate of drug-likeness (QED) is 0.899. The molecule has 1 fully saturated rings. The second kappa shape index (κ2) is 4.93. The summed E-state index contributed by atoms with van der Waals surface area (Å²) < 4.78 is 0. The first-order valence-corrected chi connectivity index (χ1v) is 7.38. The van der Waals surface area contributed by atoms with E-state index >= 15 is 0 Å². The molecule has 106 valence electrons. The summed E-state index contributed by atoms with van der Waals surface area (Å²) in [5.41, 5.74) is 7.16. The monoisotopic (exact) mass is 271 g/mol. The van der Waals surface area contributed by atoms with Crippen LogP contribution in [0, 0.1) is 0 Å². The summed E-state index contributed by atoms with van der Waals surface area (Å²) in [6.45, 7) is 2.68. The predicted octanol–water partition coefficient (Wildman–Crippen LogP) is 2.90. The summed E-state index contributed by atoms with van der Waals surface area (Å²) in [7, 11) is 0. The van der Waals surface area contributed by atoms with Gasteiger partial charge in [-0.3, -0.25) is 0 Å². The zero-order valence-corrected chi connectivity index (χ0v) is 11.9. The van der Waals surface area contributed by atoms with E-state index in [9.17, 15) is 4.79 Å². The molecule has 2 aliphatic rings. The largest absolute Gasteiger partial charge is 0.385 e. The van der Waals surface area contributed by atoms with Gasteiger partial charge in [-0.15, -0.1) is 0 Å². The highest BCUT2D eigenvalue weighted by Crippen LogP contribution is 2.43. The molecule has 1 aromatic rings. The van der Waals surface area contributed by atoms with Crippen LogP contribution in [0.3, 0.4) is 0 Å². The molecule has 0 aromatic heterocycles. The average molecular weight is 271 g/mol. The van der Waals surface area contributed by atoms with E-state index < -0.39 is 0 Å². The maximum Gasteiger partial charge on any atom is 0.346 e. The topological polar surface area (TPSA) is 58.7 Å². The van der Waals surface area contributed by atoms with Crippen LogP contribution in [0.25, 0.3) is 0 Å². The van der Waals surface area contributed by atoms with Gasteiger partial charge in [0.1, 0.15) is 11.4 Å². The van der Waals surface area contributed by atoms with Crippen LogP contribution in [0.5, 0.6) is 0 Å². The Bertz CT molecular complexity index is 530. The zero-order chi connectivity index (χ0) is 14.2. The van der Waals surface area contributed by atoms with Gasteiger partial charge in [-0.1, -0.05) is 30.3 Å². The molecular formula is C16H21N3O. The fourth-order valence-electron chi connectivity index (χ4n) is 3.71. The fraction of sp³-hybridized carbons (Fsp3) is 0.500. The Morgan fingerprint density at radius 2 is 1.95 bits per heavy atom. The van der Waals surface area contributed by atoms with E-state index in [0.717, 1.165) is 25.7 Å². The summed E-state index contributed by atoms with van der Waals surface area (Å²) in [5.74, 6) is 1.10. The van der Waals surface area contributed by atoms with E-state index in [-0.39, 0.29) is 11.6 Å². The van der Waals surface area contributed by atoms with E-state index in [1.54, 1.807) is 0 Å². The molecule has 3 rings (SSSR count). The molecule has 0 atom stereocenters. The lowest BCUT2D eigenvalue weighted by Gasteiger charge is -2.42. The summed E-state index contributed by atoms with van der Waals surface area (Å²) in [4.78, 5) is 17.7. The minimum atomic E-state index is -0.308. The number of nitrogens with zero attached hydrogens (tertiary/aromatic N) is 2. The molecular weight excluding hydrogens is 250 g/mol. The number of amides is 2. The van der Waals surface area contributed by atoms with Crippen molar-refractivity contribution in [1.82, 2.24) is 4.90 Å². The minimum absolute atomic E-state index is 0.164. The molecule has 1 saturated carbocycles. The molecule has 1 heterocycles. The van der Waals surface area contributed by atoms with E-state index in [2.05, 4.69) is 29.3 Å². The van der Waals surface area contributed by atoms with Crippen LogP contribution in [0.2, 0.25) is 0 Å². The van der Waals surface area contributed by atoms with E-state index in [4.69, 9.17) is 5.73 Å². The molecule has 0 bridgehead atoms. The van der Waals surface area contributed by atoms with E-state index in [1.807, 2.05) is 17.9 Å². The van der Waals surface area contributed by atoms with Crippen LogP contribution >= 0.6 is 0 Å². The van der Waals surface area contributed by atoms with Gasteiger partial charge in [0.2, 0.25) is 0 Å². The molecule has 2 N–H and O–H groups in total. The Morgan fingerprint density at radius 3 is 2.55 bits per heavy atom. The molecule has 0 saturated heterocycles. The smallest absolute Gasteiger partial charge is 0.346 e. The molecule has 1 aromatic carbocycles. The number of carbonyl (C=O) groups is 1. The Balaban J connectivity index is 1.78. The Labute approximate surface area is 119 Å². The van der Waals surface area contributed by atoms with Crippen LogP contribution in [0.15, 0.2) is 35.3 Å². The van der Waals surface area contributed by atoms with Crippen LogP contribution in [0.4, 0.5) is 4.79 Å². The van der Waals surface area contributed by atoms with Gasteiger partial charge in [-0.05, 0) is 44.1 Å². The van der Waals surface area contributed by atoms with E-state index in [0.29, 0.717) is 18.3 Å². The molecule has 1 aliphatic carbocycles. The predicted molar refractivity (Wildman–Crippen MR) is 79.8 cm³/mol. The highest BCUT2D eigenvalue weighted by Gasteiger charge is 2.49. The standard InChI is InChI=1S/C16H21N3O/c1-2-19-15(20)18-14(17)16(19)10-8-13(9-11-16)12-6-4-3-5-7-12/h3-7,13H,2,8-11H2,1H3,(H2,17,18,20). The second-order valence-corrected chi connectivity index (χ2v) is 5.74. The third-order valence-corrected chi connectivity index (χ3v) is 4.84. The number of rotatable bonds is 2. The normalized spacial score (nSPS) is 29.9. The molecule has 4 nitrogen and oxygen atoms in total. The number of benzene rings is 1. The number of likely N-dealkylation sites (N-methyl/N-ethyl adjacent to an activating group) is 1. The van der Waals surface area contributed by atoms with Gasteiger partial charge in [-0.25, -0.2) is 4.79 Å². The van der Waals surface area contributed by atoms with Gasteiger partial charge in [0, 0.05) is 6.54 Å². The van der Waals surface area contributed by atoms with Gasteiger partial charge >= 0.3 is 6.03 Å². The van der Waals surface area contributed by atoms with Crippen molar-refractivity contribution in [2.24, 2.45) is 10.7 Å². The summed E-state index contributed by atoms with van der Waals surface area (Å²) in [6.07, 6.45) is 3.96. The Hall–Kier alpha value is -1.84. The van der Waals surface area contributed by atoms with Crippen LogP contribution in [-0.2, 0) is 0 Å². The summed E-state index contributed by atoms with van der Waals surface area (Å²) in [6, 6.07) is 10.4. The average Bonchev–Trinajstić information content (AvgIpc) is 2.71. The Morgan fingerprint density at radius 1 is 1.30 bits per heavy atom. The second-order valence-electron chi connectivity index (χ2n) is 5.74. The third kappa shape index (κ3) is 1.90. The SMILES string of the molecule is CCN1C(=O)N=C(N)C12CCC(c1ccccc1)CC2. The fourth-order valence-corrected chi connectivity index (χ4v) is 3.71. The number of hydrogen-bond donors (Lipinski definition) is 1. The van der Waals surface area contributed by atoms with Crippen LogP contribution < -0.4 is 5.73 Å². The minimum Gasteiger partial charge on any atom is -0.385 e. The molecule has 20 heavy (non-hydrogen) atoms. The summed E-state index contributed by atoms with van der Waals surface area (Å²) in [5, 5.41) is 0. The van der Waals surface area contributed by atoms with Crippen molar-refractivity contribution < 1.29 is 4.79 Å². The number of amidine groups is 1. The number of carbonyl (C=O) groups excluding carboxylic acids is 1. The lowest BCUT2D eigenvalue weighted by molar-refractivity contribution is 0.142. The molecule has 2 amide bonds. The lowest BCUT2D eigenvalue weighted by Crippen LogP contribution is -2.55. The van der Waals surface area contributed by atoms with Crippen molar-refractivity contribution in [3.8, 4) is 0 Å². The summed E-state index contributed by atoms with van der Waals surface area (Å²) >= 11 is 0. The molecule has 1 aliphatic heterocycles. The first-order valence-electron chi connectivity index (χ1n) is 7.38. The number of urea groups is 1. The molecule has 4 heteroatoms. The highest BCUT2D eigenvalue weighted by molar-refractivity contribution is 6.05. The van der Waals surface area contributed by atoms with Gasteiger partial charge in [0.05, 0.1) is 0 Å². The molecule has 1 spiro atoms. The first kappa shape index (κ1) is 13.2.